The second-order valence-corrected chi connectivity index (χ2v) is 4.85. The van der Waals surface area contributed by atoms with E-state index >= 15 is 0 Å². The molecule has 0 aliphatic carbocycles. The van der Waals surface area contributed by atoms with E-state index in [4.69, 9.17) is 4.74 Å². The molecule has 20 heavy (non-hydrogen) atoms. The fourth-order valence-electron chi connectivity index (χ4n) is 2.49. The first-order valence-electron chi connectivity index (χ1n) is 7.08. The number of carbonyl (C=O) groups excluding carboxylic acids is 3. The molecule has 0 aromatic rings. The van der Waals surface area contributed by atoms with E-state index in [0.717, 1.165) is 0 Å². The van der Waals surface area contributed by atoms with E-state index in [1.165, 1.54) is 7.11 Å². The molecular formula is C14H23NO5. The van der Waals surface area contributed by atoms with Gasteiger partial charge < -0.3 is 14.4 Å². The van der Waals surface area contributed by atoms with Crippen molar-refractivity contribution in [1.29, 1.82) is 0 Å². The zero-order valence-corrected chi connectivity index (χ0v) is 12.4. The normalized spacial score (nSPS) is 17.4. The average molecular weight is 285 g/mol. The molecule has 0 N–H and O–H groups in total. The van der Waals surface area contributed by atoms with Crippen LogP contribution in [0.15, 0.2) is 0 Å². The topological polar surface area (TPSA) is 72.9 Å². The zero-order valence-electron chi connectivity index (χ0n) is 12.4. The maximum atomic E-state index is 12.4. The van der Waals surface area contributed by atoms with Crippen LogP contribution in [0.3, 0.4) is 0 Å². The summed E-state index contributed by atoms with van der Waals surface area (Å²) in [7, 11) is 1.34. The lowest BCUT2D eigenvalue weighted by molar-refractivity contribution is -0.153. The first-order valence-corrected chi connectivity index (χ1v) is 7.08. The van der Waals surface area contributed by atoms with Crippen LogP contribution in [0.25, 0.3) is 0 Å². The van der Waals surface area contributed by atoms with Gasteiger partial charge in [0.25, 0.3) is 0 Å². The summed E-state index contributed by atoms with van der Waals surface area (Å²) in [5, 5.41) is 0. The van der Waals surface area contributed by atoms with Gasteiger partial charge in [-0.3, -0.25) is 9.59 Å². The summed E-state index contributed by atoms with van der Waals surface area (Å²) in [4.78, 5) is 37.1. The number of methoxy groups -OCH3 is 1. The van der Waals surface area contributed by atoms with E-state index in [1.807, 2.05) is 6.92 Å². The number of Topliss-reactive ketones (excluding diaryl/α,β-unsaturated/α-hetero) is 1. The lowest BCUT2D eigenvalue weighted by atomic mass is 9.84. The second-order valence-electron chi connectivity index (χ2n) is 4.85. The Bertz CT molecular complexity index is 361. The van der Waals surface area contributed by atoms with Gasteiger partial charge in [-0.2, -0.15) is 0 Å². The summed E-state index contributed by atoms with van der Waals surface area (Å²) >= 11 is 0. The Morgan fingerprint density at radius 3 is 2.25 bits per heavy atom. The van der Waals surface area contributed by atoms with Gasteiger partial charge in [0.1, 0.15) is 11.7 Å². The molecule has 0 aromatic heterocycles. The van der Waals surface area contributed by atoms with Crippen LogP contribution >= 0.6 is 0 Å². The van der Waals surface area contributed by atoms with Crippen LogP contribution < -0.4 is 0 Å². The third-order valence-corrected chi connectivity index (χ3v) is 3.65. The lowest BCUT2D eigenvalue weighted by Gasteiger charge is -2.31. The Balaban J connectivity index is 2.56. The second kappa shape index (κ2) is 7.87. The van der Waals surface area contributed by atoms with Gasteiger partial charge in [0, 0.05) is 19.0 Å². The number of amides is 1. The van der Waals surface area contributed by atoms with Gasteiger partial charge in [-0.1, -0.05) is 6.92 Å². The standard InChI is InChI=1S/C14H23NO5/c1-4-11(13(17)20-5-2)12(16)10-6-8-15(9-7-10)14(18)19-3/h10-11H,4-9H2,1-3H3/t11-/m0/s1. The van der Waals surface area contributed by atoms with Crippen molar-refractivity contribution in [1.82, 2.24) is 4.90 Å². The molecule has 0 radical (unpaired) electrons. The van der Waals surface area contributed by atoms with Gasteiger partial charge in [0.05, 0.1) is 13.7 Å². The summed E-state index contributed by atoms with van der Waals surface area (Å²) in [6.07, 6.45) is 1.23. The molecule has 6 heteroatoms. The van der Waals surface area contributed by atoms with Gasteiger partial charge in [-0.25, -0.2) is 4.79 Å². The molecule has 1 fully saturated rings. The van der Waals surface area contributed by atoms with Crippen LogP contribution in [0.4, 0.5) is 4.79 Å². The molecule has 1 heterocycles. The van der Waals surface area contributed by atoms with Crippen molar-refractivity contribution < 1.29 is 23.9 Å². The van der Waals surface area contributed by atoms with E-state index < -0.39 is 11.9 Å². The van der Waals surface area contributed by atoms with Crippen LogP contribution in [0, 0.1) is 11.8 Å². The van der Waals surface area contributed by atoms with E-state index in [0.29, 0.717) is 32.4 Å². The fourth-order valence-corrected chi connectivity index (χ4v) is 2.49. The summed E-state index contributed by atoms with van der Waals surface area (Å²) in [6, 6.07) is 0. The van der Waals surface area contributed by atoms with E-state index in [2.05, 4.69) is 4.74 Å². The number of ether oxygens (including phenoxy) is 2. The Hall–Kier alpha value is -1.59. The number of ketones is 1. The maximum Gasteiger partial charge on any atom is 0.409 e. The highest BCUT2D eigenvalue weighted by Crippen LogP contribution is 2.24. The van der Waals surface area contributed by atoms with Crippen molar-refractivity contribution in [2.45, 2.75) is 33.1 Å². The molecule has 0 aromatic carbocycles. The summed E-state index contributed by atoms with van der Waals surface area (Å²) in [5.41, 5.74) is 0. The number of likely N-dealkylation sites (tertiary alicyclic amines) is 1. The van der Waals surface area contributed by atoms with Crippen LogP contribution in [-0.2, 0) is 19.1 Å². The average Bonchev–Trinajstić information content (AvgIpc) is 2.47. The first kappa shape index (κ1) is 16.5. The Morgan fingerprint density at radius 1 is 1.20 bits per heavy atom. The number of esters is 1. The third-order valence-electron chi connectivity index (χ3n) is 3.65. The first-order chi connectivity index (χ1) is 9.54. The predicted octanol–water partition coefficient (Wildman–Crippen LogP) is 1.62. The van der Waals surface area contributed by atoms with E-state index in [9.17, 15) is 14.4 Å². The van der Waals surface area contributed by atoms with Crippen molar-refractivity contribution in [3.05, 3.63) is 0 Å². The SMILES string of the molecule is CCOC(=O)[C@@H](CC)C(=O)C1CCN(C(=O)OC)CC1. The Kier molecular flexibility index (Phi) is 6.48. The van der Waals surface area contributed by atoms with Crippen molar-refractivity contribution in [2.24, 2.45) is 11.8 Å². The highest BCUT2D eigenvalue weighted by Gasteiger charge is 2.34. The Labute approximate surface area is 119 Å². The fraction of sp³-hybridized carbons (Fsp3) is 0.786. The molecule has 6 nitrogen and oxygen atoms in total. The van der Waals surface area contributed by atoms with Crippen molar-refractivity contribution in [2.75, 3.05) is 26.8 Å². The van der Waals surface area contributed by atoms with Crippen LogP contribution in [0.1, 0.15) is 33.1 Å². The largest absolute Gasteiger partial charge is 0.465 e. The number of hydrogen-bond donors (Lipinski definition) is 0. The number of hydrogen-bond acceptors (Lipinski definition) is 5. The van der Waals surface area contributed by atoms with Crippen molar-refractivity contribution >= 4 is 17.8 Å². The number of nitrogens with zero attached hydrogens (tertiary/aromatic N) is 1. The molecule has 1 saturated heterocycles. The van der Waals surface area contributed by atoms with Gasteiger partial charge in [0.15, 0.2) is 0 Å². The van der Waals surface area contributed by atoms with Crippen molar-refractivity contribution in [3.63, 3.8) is 0 Å². The highest BCUT2D eigenvalue weighted by atomic mass is 16.5. The van der Waals surface area contributed by atoms with Crippen LogP contribution in [-0.4, -0.2) is 49.6 Å². The third kappa shape index (κ3) is 3.95. The minimum atomic E-state index is -0.676. The molecule has 1 atom stereocenters. The van der Waals surface area contributed by atoms with E-state index in [1.54, 1.807) is 11.8 Å². The Morgan fingerprint density at radius 2 is 1.80 bits per heavy atom. The number of carbonyl (C=O) groups is 3. The number of rotatable bonds is 5. The molecule has 0 spiro atoms. The smallest absolute Gasteiger partial charge is 0.409 e. The molecule has 0 bridgehead atoms. The summed E-state index contributed by atoms with van der Waals surface area (Å²) in [5.74, 6) is -1.35. The lowest BCUT2D eigenvalue weighted by Crippen LogP contribution is -2.42. The highest BCUT2D eigenvalue weighted by molar-refractivity contribution is 6.00. The summed E-state index contributed by atoms with van der Waals surface area (Å²) < 4.78 is 9.59. The van der Waals surface area contributed by atoms with Crippen molar-refractivity contribution in [3.8, 4) is 0 Å². The van der Waals surface area contributed by atoms with Crippen LogP contribution in [0.5, 0.6) is 0 Å². The summed E-state index contributed by atoms with van der Waals surface area (Å²) in [6.45, 7) is 4.79. The van der Waals surface area contributed by atoms with Crippen LogP contribution in [0.2, 0.25) is 0 Å². The quantitative estimate of drug-likeness (QED) is 0.567. The number of piperidine rings is 1. The minimum Gasteiger partial charge on any atom is -0.465 e. The van der Waals surface area contributed by atoms with Gasteiger partial charge >= 0.3 is 12.1 Å². The predicted molar refractivity (Wildman–Crippen MR) is 72.1 cm³/mol. The molecule has 0 unspecified atom stereocenters. The molecule has 114 valence electrons. The van der Waals surface area contributed by atoms with Gasteiger partial charge in [-0.05, 0) is 26.2 Å². The molecule has 1 aliphatic rings. The van der Waals surface area contributed by atoms with E-state index in [-0.39, 0.29) is 24.4 Å². The maximum absolute atomic E-state index is 12.4. The zero-order chi connectivity index (χ0) is 15.1. The molecular weight excluding hydrogens is 262 g/mol. The molecule has 1 aliphatic heterocycles. The van der Waals surface area contributed by atoms with Gasteiger partial charge in [0.2, 0.25) is 0 Å². The van der Waals surface area contributed by atoms with Gasteiger partial charge in [-0.15, -0.1) is 0 Å². The molecule has 0 saturated carbocycles. The minimum absolute atomic E-state index is 0.0598. The molecule has 1 rings (SSSR count). The monoisotopic (exact) mass is 285 g/mol. The molecule has 1 amide bonds.